The second-order valence-corrected chi connectivity index (χ2v) is 7.51. The van der Waals surface area contributed by atoms with E-state index in [2.05, 4.69) is 46.8 Å². The maximum Gasteiger partial charge on any atom is 0.407 e. The summed E-state index contributed by atoms with van der Waals surface area (Å²) in [4.78, 5) is 14.0. The molecule has 1 aliphatic heterocycles. The van der Waals surface area contributed by atoms with E-state index in [1.165, 1.54) is 5.56 Å². The Balaban J connectivity index is 1.75. The third kappa shape index (κ3) is 4.80. The maximum absolute atomic E-state index is 11.7. The zero-order valence-electron chi connectivity index (χ0n) is 16.9. The quantitative estimate of drug-likeness (QED) is 0.747. The first-order chi connectivity index (χ1) is 13.5. The van der Waals surface area contributed by atoms with Crippen molar-refractivity contribution in [2.45, 2.75) is 52.9 Å². The Morgan fingerprint density at radius 2 is 2.21 bits per heavy atom. The highest BCUT2D eigenvalue weighted by molar-refractivity contribution is 7.71. The van der Waals surface area contributed by atoms with Crippen molar-refractivity contribution in [3.05, 3.63) is 34.6 Å². The van der Waals surface area contributed by atoms with Crippen LogP contribution in [0.1, 0.15) is 32.3 Å². The van der Waals surface area contributed by atoms with Gasteiger partial charge in [0.2, 0.25) is 0 Å². The minimum Gasteiger partial charge on any atom is -0.450 e. The highest BCUT2D eigenvalue weighted by atomic mass is 32.1. The van der Waals surface area contributed by atoms with Gasteiger partial charge in [-0.15, -0.1) is 0 Å². The van der Waals surface area contributed by atoms with Crippen LogP contribution in [0.5, 0.6) is 0 Å². The highest BCUT2D eigenvalue weighted by Crippen LogP contribution is 2.20. The van der Waals surface area contributed by atoms with Gasteiger partial charge >= 0.3 is 6.09 Å². The standard InChI is InChI=1S/C20H29N5O2S/c1-4-24-18(16-9-6-8-15(3)12-16)22-25(20(24)28)14-23-11-7-10-17(13-23)21-19(26)27-5-2/h6,8-9,12,17H,4-5,7,10-11,13-14H2,1-3H3,(H,21,26). The summed E-state index contributed by atoms with van der Waals surface area (Å²) >= 11 is 5.69. The fourth-order valence-corrected chi connectivity index (χ4v) is 3.96. The van der Waals surface area contributed by atoms with E-state index in [9.17, 15) is 4.79 Å². The summed E-state index contributed by atoms with van der Waals surface area (Å²) < 4.78 is 9.69. The van der Waals surface area contributed by atoms with Crippen LogP contribution < -0.4 is 5.32 Å². The van der Waals surface area contributed by atoms with E-state index in [1.54, 1.807) is 0 Å². The molecule has 0 spiro atoms. The molecule has 0 bridgehead atoms. The Morgan fingerprint density at radius 1 is 1.39 bits per heavy atom. The van der Waals surface area contributed by atoms with Crippen LogP contribution in [0.15, 0.2) is 24.3 Å². The van der Waals surface area contributed by atoms with Crippen molar-refractivity contribution in [1.82, 2.24) is 24.6 Å². The van der Waals surface area contributed by atoms with Crippen molar-refractivity contribution in [3.8, 4) is 11.4 Å². The zero-order valence-corrected chi connectivity index (χ0v) is 17.7. The van der Waals surface area contributed by atoms with Crippen LogP contribution in [-0.4, -0.2) is 51.1 Å². The van der Waals surface area contributed by atoms with E-state index in [0.29, 0.717) is 13.3 Å². The lowest BCUT2D eigenvalue weighted by Crippen LogP contribution is -2.48. The molecule has 1 fully saturated rings. The average molecular weight is 404 g/mol. The first-order valence-corrected chi connectivity index (χ1v) is 10.3. The highest BCUT2D eigenvalue weighted by Gasteiger charge is 2.23. The van der Waals surface area contributed by atoms with E-state index in [0.717, 1.165) is 48.6 Å². The van der Waals surface area contributed by atoms with Crippen molar-refractivity contribution in [2.24, 2.45) is 0 Å². The normalized spacial score (nSPS) is 17.5. The molecule has 28 heavy (non-hydrogen) atoms. The molecule has 1 aromatic carbocycles. The number of nitrogens with one attached hydrogen (secondary N) is 1. The minimum atomic E-state index is -0.344. The lowest BCUT2D eigenvalue weighted by atomic mass is 10.1. The molecule has 1 aromatic heterocycles. The number of hydrogen-bond acceptors (Lipinski definition) is 5. The van der Waals surface area contributed by atoms with Crippen LogP contribution in [0.2, 0.25) is 0 Å². The van der Waals surface area contributed by atoms with Gasteiger partial charge in [-0.25, -0.2) is 9.48 Å². The molecule has 1 aliphatic rings. The average Bonchev–Trinajstić information content (AvgIpc) is 2.98. The van der Waals surface area contributed by atoms with Crippen LogP contribution in [0.4, 0.5) is 4.79 Å². The van der Waals surface area contributed by atoms with Crippen molar-refractivity contribution in [1.29, 1.82) is 0 Å². The molecule has 152 valence electrons. The van der Waals surface area contributed by atoms with E-state index < -0.39 is 0 Å². The van der Waals surface area contributed by atoms with Gasteiger partial charge in [0, 0.05) is 31.2 Å². The first-order valence-electron chi connectivity index (χ1n) is 9.92. The molecule has 1 saturated heterocycles. The summed E-state index contributed by atoms with van der Waals surface area (Å²) in [5.41, 5.74) is 2.27. The van der Waals surface area contributed by atoms with E-state index in [-0.39, 0.29) is 12.1 Å². The van der Waals surface area contributed by atoms with Gasteiger partial charge in [-0.3, -0.25) is 4.90 Å². The molecule has 1 N–H and O–H groups in total. The van der Waals surface area contributed by atoms with Gasteiger partial charge in [-0.2, -0.15) is 5.10 Å². The van der Waals surface area contributed by atoms with Crippen LogP contribution in [0.3, 0.4) is 0 Å². The Hall–Kier alpha value is -2.19. The summed E-state index contributed by atoms with van der Waals surface area (Å²) in [6, 6.07) is 8.42. The van der Waals surface area contributed by atoms with E-state index >= 15 is 0 Å². The summed E-state index contributed by atoms with van der Waals surface area (Å²) in [6.45, 7) is 9.47. The first kappa shape index (κ1) is 20.5. The van der Waals surface area contributed by atoms with Gasteiger partial charge in [0.25, 0.3) is 0 Å². The second-order valence-electron chi connectivity index (χ2n) is 7.14. The lowest BCUT2D eigenvalue weighted by molar-refractivity contribution is 0.121. The number of carbonyl (C=O) groups is 1. The lowest BCUT2D eigenvalue weighted by Gasteiger charge is -2.32. The number of rotatable bonds is 6. The molecule has 3 rings (SSSR count). The van der Waals surface area contributed by atoms with Crippen molar-refractivity contribution < 1.29 is 9.53 Å². The Labute approximate surface area is 171 Å². The molecule has 0 saturated carbocycles. The predicted molar refractivity (Wildman–Crippen MR) is 112 cm³/mol. The molecular weight excluding hydrogens is 374 g/mol. The molecule has 7 nitrogen and oxygen atoms in total. The molecule has 1 amide bonds. The summed E-state index contributed by atoms with van der Waals surface area (Å²) in [6.07, 6.45) is 1.63. The number of carbonyl (C=O) groups excluding carboxylic acids is 1. The number of likely N-dealkylation sites (tertiary alicyclic amines) is 1. The Morgan fingerprint density at radius 3 is 2.93 bits per heavy atom. The largest absolute Gasteiger partial charge is 0.450 e. The van der Waals surface area contributed by atoms with Gasteiger partial charge in [0.1, 0.15) is 0 Å². The smallest absolute Gasteiger partial charge is 0.407 e. The molecule has 2 heterocycles. The number of alkyl carbamates (subject to hydrolysis) is 1. The number of benzene rings is 1. The summed E-state index contributed by atoms with van der Waals surface area (Å²) in [7, 11) is 0. The van der Waals surface area contributed by atoms with Crippen LogP contribution >= 0.6 is 12.2 Å². The number of amides is 1. The van der Waals surface area contributed by atoms with Gasteiger partial charge < -0.3 is 14.6 Å². The topological polar surface area (TPSA) is 64.3 Å². The fraction of sp³-hybridized carbons (Fsp3) is 0.550. The second kappa shape index (κ2) is 9.34. The van der Waals surface area contributed by atoms with Gasteiger partial charge in [-0.1, -0.05) is 23.8 Å². The molecule has 0 radical (unpaired) electrons. The number of nitrogens with zero attached hydrogens (tertiary/aromatic N) is 4. The maximum atomic E-state index is 11.7. The van der Waals surface area contributed by atoms with Crippen LogP contribution in [-0.2, 0) is 18.0 Å². The summed E-state index contributed by atoms with van der Waals surface area (Å²) in [5.74, 6) is 0.898. The SMILES string of the molecule is CCOC(=O)NC1CCCN(Cn2nc(-c3cccc(C)c3)n(CC)c2=S)C1. The molecular formula is C20H29N5O2S. The van der Waals surface area contributed by atoms with Crippen molar-refractivity contribution >= 4 is 18.3 Å². The third-order valence-electron chi connectivity index (χ3n) is 4.95. The monoisotopic (exact) mass is 403 g/mol. The predicted octanol–water partition coefficient (Wildman–Crippen LogP) is 3.58. The number of aryl methyl sites for hydroxylation is 1. The van der Waals surface area contributed by atoms with E-state index in [4.69, 9.17) is 22.1 Å². The molecule has 1 atom stereocenters. The Bertz CT molecular complexity index is 876. The number of ether oxygens (including phenoxy) is 1. The Kier molecular flexibility index (Phi) is 6.85. The zero-order chi connectivity index (χ0) is 20.1. The van der Waals surface area contributed by atoms with Crippen LogP contribution in [0.25, 0.3) is 11.4 Å². The van der Waals surface area contributed by atoms with Gasteiger partial charge in [0.05, 0.1) is 13.3 Å². The fourth-order valence-electron chi connectivity index (χ4n) is 3.65. The summed E-state index contributed by atoms with van der Waals surface area (Å²) in [5, 5.41) is 7.77. The van der Waals surface area contributed by atoms with Gasteiger partial charge in [0.15, 0.2) is 10.6 Å². The number of hydrogen-bond donors (Lipinski definition) is 1. The third-order valence-corrected chi connectivity index (χ3v) is 5.38. The molecule has 2 aromatic rings. The number of aromatic nitrogens is 3. The van der Waals surface area contributed by atoms with Crippen LogP contribution in [0, 0.1) is 11.7 Å². The van der Waals surface area contributed by atoms with Gasteiger partial charge in [-0.05, 0) is 51.9 Å². The molecule has 0 aliphatic carbocycles. The molecule has 1 unspecified atom stereocenters. The molecule has 8 heteroatoms. The van der Waals surface area contributed by atoms with E-state index in [1.807, 2.05) is 17.7 Å². The minimum absolute atomic E-state index is 0.0893. The van der Waals surface area contributed by atoms with Crippen molar-refractivity contribution in [2.75, 3.05) is 19.7 Å². The number of piperidine rings is 1. The van der Waals surface area contributed by atoms with Crippen molar-refractivity contribution in [3.63, 3.8) is 0 Å².